The SMILES string of the molecule is CC(=O)O[Si](C)(C)F.CCCC(C)C1(CC)C(=O)N=C([O-])NC1=O.[Na+]. The molecular weight excluding hydrogens is 358 g/mol. The van der Waals surface area contributed by atoms with Gasteiger partial charge in [-0.2, -0.15) is 0 Å². The molecule has 10 heteroatoms. The van der Waals surface area contributed by atoms with Crippen molar-refractivity contribution in [3.05, 3.63) is 0 Å². The van der Waals surface area contributed by atoms with Crippen molar-refractivity contribution in [2.75, 3.05) is 0 Å². The minimum atomic E-state index is -3.07. The molecule has 0 saturated carbocycles. The first-order valence-corrected chi connectivity index (χ1v) is 10.7. The first-order valence-electron chi connectivity index (χ1n) is 7.90. The summed E-state index contributed by atoms with van der Waals surface area (Å²) in [4.78, 5) is 37.1. The van der Waals surface area contributed by atoms with Crippen LogP contribution in [0.3, 0.4) is 0 Å². The van der Waals surface area contributed by atoms with Gasteiger partial charge < -0.3 is 14.8 Å². The van der Waals surface area contributed by atoms with Crippen molar-refractivity contribution in [2.24, 2.45) is 16.3 Å². The number of halogens is 1. The number of carbonyl (C=O) groups is 3. The second-order valence-electron chi connectivity index (χ2n) is 6.15. The molecule has 1 heterocycles. The van der Waals surface area contributed by atoms with Gasteiger partial charge in [0.1, 0.15) is 5.41 Å². The van der Waals surface area contributed by atoms with E-state index in [4.69, 9.17) is 0 Å². The van der Waals surface area contributed by atoms with Gasteiger partial charge in [0.25, 0.3) is 11.9 Å². The van der Waals surface area contributed by atoms with Crippen LogP contribution in [0.15, 0.2) is 4.99 Å². The molecule has 0 radical (unpaired) electrons. The van der Waals surface area contributed by atoms with Crippen molar-refractivity contribution < 1.29 is 57.6 Å². The molecule has 1 aliphatic heterocycles. The first kappa shape index (κ1) is 26.5. The van der Waals surface area contributed by atoms with Gasteiger partial charge in [-0.15, -0.1) is 0 Å². The van der Waals surface area contributed by atoms with Crippen LogP contribution in [0.4, 0.5) is 4.11 Å². The maximum Gasteiger partial charge on any atom is 1.00 e. The van der Waals surface area contributed by atoms with E-state index in [1.807, 2.05) is 13.8 Å². The summed E-state index contributed by atoms with van der Waals surface area (Å²) in [7, 11) is -3.07. The molecule has 0 bridgehead atoms. The smallest absolute Gasteiger partial charge is 0.846 e. The summed E-state index contributed by atoms with van der Waals surface area (Å²) in [5, 5.41) is 13.1. The van der Waals surface area contributed by atoms with Crippen LogP contribution in [0.5, 0.6) is 0 Å². The largest absolute Gasteiger partial charge is 1.00 e. The quantitative estimate of drug-likeness (QED) is 0.350. The van der Waals surface area contributed by atoms with Crippen LogP contribution in [0.2, 0.25) is 13.1 Å². The number of rotatable bonds is 5. The van der Waals surface area contributed by atoms with E-state index in [2.05, 4.69) is 14.7 Å². The Balaban J connectivity index is 0. The van der Waals surface area contributed by atoms with Crippen molar-refractivity contribution in [3.8, 4) is 0 Å². The van der Waals surface area contributed by atoms with E-state index in [1.165, 1.54) is 20.0 Å². The molecule has 0 spiro atoms. The Labute approximate surface area is 171 Å². The molecule has 0 fully saturated rings. The summed E-state index contributed by atoms with van der Waals surface area (Å²) < 4.78 is 16.6. The van der Waals surface area contributed by atoms with Crippen LogP contribution in [0.1, 0.15) is 47.0 Å². The minimum absolute atomic E-state index is 0. The van der Waals surface area contributed by atoms with Gasteiger partial charge in [0, 0.05) is 6.92 Å². The normalized spacial score (nSPS) is 21.0. The van der Waals surface area contributed by atoms with Crippen LogP contribution in [-0.2, 0) is 18.8 Å². The molecule has 25 heavy (non-hydrogen) atoms. The Hall–Kier alpha value is -0.773. The second kappa shape index (κ2) is 11.0. The fraction of sp³-hybridized carbons (Fsp3) is 0.733. The predicted octanol–water partition coefficient (Wildman–Crippen LogP) is -1.58. The summed E-state index contributed by atoms with van der Waals surface area (Å²) in [5.74, 6) is -1.73. The molecule has 1 rings (SSSR count). The van der Waals surface area contributed by atoms with Crippen molar-refractivity contribution in [3.63, 3.8) is 0 Å². The van der Waals surface area contributed by atoms with Crippen molar-refractivity contribution in [2.45, 2.75) is 60.1 Å². The van der Waals surface area contributed by atoms with Crippen LogP contribution in [0.25, 0.3) is 0 Å². The van der Waals surface area contributed by atoms with Crippen molar-refractivity contribution in [1.82, 2.24) is 5.32 Å². The zero-order valence-electron chi connectivity index (χ0n) is 16.1. The standard InChI is InChI=1S/C11H18N2O3.C4H9FO2Si.Na/c1-4-6-7(3)11(5-2)8(14)12-10(16)13-9(11)15;1-4(6)7-8(2,3)5;/h7H,4-6H2,1-3H3,(H2,12,13,14,15,16);1-3H3;/q;;+1/p-1. The molecule has 7 nitrogen and oxygen atoms in total. The van der Waals surface area contributed by atoms with E-state index in [0.717, 1.165) is 12.8 Å². The topological polar surface area (TPSA) is 108 Å². The van der Waals surface area contributed by atoms with Gasteiger partial charge >= 0.3 is 38.2 Å². The summed E-state index contributed by atoms with van der Waals surface area (Å²) in [5.41, 5.74) is -1.15. The Bertz CT molecular complexity index is 525. The number of amidine groups is 1. The minimum Gasteiger partial charge on any atom is -0.846 e. The summed E-state index contributed by atoms with van der Waals surface area (Å²) in [6.07, 6.45) is 2.02. The Morgan fingerprint density at radius 1 is 1.40 bits per heavy atom. The fourth-order valence-corrected chi connectivity index (χ4v) is 3.33. The number of aliphatic imine (C=N–C) groups is 1. The summed E-state index contributed by atoms with van der Waals surface area (Å²) >= 11 is 0. The molecule has 0 aliphatic carbocycles. The van der Waals surface area contributed by atoms with Gasteiger partial charge in [0.15, 0.2) is 0 Å². The van der Waals surface area contributed by atoms with E-state index in [-0.39, 0.29) is 35.5 Å². The van der Waals surface area contributed by atoms with Crippen LogP contribution < -0.4 is 40.0 Å². The molecule has 2 amide bonds. The Morgan fingerprint density at radius 3 is 2.20 bits per heavy atom. The molecule has 0 aromatic heterocycles. The van der Waals surface area contributed by atoms with Gasteiger partial charge in [-0.25, -0.2) is 4.99 Å². The van der Waals surface area contributed by atoms with E-state index in [9.17, 15) is 23.6 Å². The molecule has 1 N–H and O–H groups in total. The Morgan fingerprint density at radius 2 is 1.92 bits per heavy atom. The van der Waals surface area contributed by atoms with E-state index >= 15 is 0 Å². The van der Waals surface area contributed by atoms with Crippen LogP contribution >= 0.6 is 0 Å². The fourth-order valence-electron chi connectivity index (χ4n) is 2.64. The van der Waals surface area contributed by atoms with Gasteiger partial charge in [-0.05, 0) is 31.9 Å². The number of nitrogens with zero attached hydrogens (tertiary/aromatic N) is 1. The maximum absolute atomic E-state index is 12.3. The number of nitrogens with one attached hydrogen (secondary N) is 1. The average molecular weight is 384 g/mol. The first-order chi connectivity index (χ1) is 10.9. The molecule has 1 aliphatic rings. The van der Waals surface area contributed by atoms with Crippen LogP contribution in [-0.4, -0.2) is 32.5 Å². The number of hydrogen-bond donors (Lipinski definition) is 1. The average Bonchev–Trinajstić information content (AvgIpc) is 2.36. The molecule has 138 valence electrons. The molecular formula is C15H26FN2NaO5Si. The zero-order chi connectivity index (χ0) is 19.1. The van der Waals surface area contributed by atoms with Gasteiger partial charge in [-0.1, -0.05) is 27.2 Å². The molecule has 0 aromatic carbocycles. The van der Waals surface area contributed by atoms with E-state index in [0.29, 0.717) is 6.42 Å². The second-order valence-corrected chi connectivity index (χ2v) is 9.08. The van der Waals surface area contributed by atoms with Crippen molar-refractivity contribution in [1.29, 1.82) is 0 Å². The maximum atomic E-state index is 12.3. The van der Waals surface area contributed by atoms with Gasteiger partial charge in [0.05, 0.1) is 6.02 Å². The number of amides is 2. The van der Waals surface area contributed by atoms with E-state index in [1.54, 1.807) is 6.92 Å². The van der Waals surface area contributed by atoms with Gasteiger partial charge in [-0.3, -0.25) is 18.5 Å². The van der Waals surface area contributed by atoms with E-state index < -0.39 is 37.9 Å². The third-order valence-electron chi connectivity index (χ3n) is 3.72. The molecule has 0 aromatic rings. The van der Waals surface area contributed by atoms with Crippen molar-refractivity contribution >= 4 is 32.5 Å². The molecule has 0 saturated heterocycles. The number of hydrogen-bond acceptors (Lipinski definition) is 5. The van der Waals surface area contributed by atoms with Gasteiger partial charge in [0.2, 0.25) is 5.91 Å². The number of carbonyl (C=O) groups excluding carboxylic acids is 3. The van der Waals surface area contributed by atoms with Crippen LogP contribution in [0, 0.1) is 11.3 Å². The Kier molecular flexibility index (Phi) is 11.7. The third-order valence-corrected chi connectivity index (χ3v) is 4.49. The summed E-state index contributed by atoms with van der Waals surface area (Å²) in [6, 6.07) is -0.845. The molecule has 2 unspecified atom stereocenters. The zero-order valence-corrected chi connectivity index (χ0v) is 19.1. The third kappa shape index (κ3) is 7.97. The molecule has 2 atom stereocenters. The summed E-state index contributed by atoms with van der Waals surface area (Å²) in [6.45, 7) is 9.45. The monoisotopic (exact) mass is 384 g/mol. The predicted molar refractivity (Wildman–Crippen MR) is 87.7 cm³/mol.